The van der Waals surface area contributed by atoms with E-state index in [-0.39, 0.29) is 5.91 Å². The second kappa shape index (κ2) is 6.66. The van der Waals surface area contributed by atoms with Crippen LogP contribution in [0.4, 0.5) is 0 Å². The second-order valence-electron chi connectivity index (χ2n) is 6.57. The van der Waals surface area contributed by atoms with Gasteiger partial charge in [-0.05, 0) is 43.5 Å². The van der Waals surface area contributed by atoms with E-state index in [1.807, 2.05) is 29.2 Å². The second-order valence-corrected chi connectivity index (χ2v) is 7.56. The molecule has 0 N–H and O–H groups in total. The standard InChI is InChI=1S/C20H17N3O3S/c24-19(23-9-2-1-3-10-23)15-12-25-16-11-13(6-7-14(15)16)26-20-22-18-17(27-20)5-4-8-21-18/h4-8,11-12H,1-3,9-10H2. The maximum atomic E-state index is 12.8. The van der Waals surface area contributed by atoms with Crippen LogP contribution in [0.15, 0.2) is 47.2 Å². The molecule has 1 aliphatic rings. The molecule has 27 heavy (non-hydrogen) atoms. The fourth-order valence-electron chi connectivity index (χ4n) is 3.40. The summed E-state index contributed by atoms with van der Waals surface area (Å²) in [6.07, 6.45) is 6.58. The minimum absolute atomic E-state index is 0.0411. The van der Waals surface area contributed by atoms with Crippen LogP contribution in [0.5, 0.6) is 10.9 Å². The van der Waals surface area contributed by atoms with Gasteiger partial charge < -0.3 is 14.1 Å². The lowest BCUT2D eigenvalue weighted by Crippen LogP contribution is -2.35. The van der Waals surface area contributed by atoms with Crippen LogP contribution in [-0.2, 0) is 0 Å². The van der Waals surface area contributed by atoms with Crippen LogP contribution in [0.25, 0.3) is 21.3 Å². The van der Waals surface area contributed by atoms with Gasteiger partial charge in [-0.1, -0.05) is 11.3 Å². The zero-order chi connectivity index (χ0) is 18.2. The molecule has 0 radical (unpaired) electrons. The Morgan fingerprint density at radius 2 is 2.07 bits per heavy atom. The van der Waals surface area contributed by atoms with Gasteiger partial charge in [-0.25, -0.2) is 4.98 Å². The lowest BCUT2D eigenvalue weighted by Gasteiger charge is -2.26. The molecule has 0 spiro atoms. The molecule has 5 rings (SSSR count). The van der Waals surface area contributed by atoms with E-state index in [1.165, 1.54) is 17.8 Å². The van der Waals surface area contributed by atoms with Crippen LogP contribution >= 0.6 is 11.3 Å². The first-order valence-electron chi connectivity index (χ1n) is 8.98. The summed E-state index contributed by atoms with van der Waals surface area (Å²) in [5.74, 6) is 0.659. The smallest absolute Gasteiger partial charge is 0.281 e. The summed E-state index contributed by atoms with van der Waals surface area (Å²) >= 11 is 1.44. The SMILES string of the molecule is O=C(c1coc2cc(Oc3nc4ncccc4s3)ccc12)N1CCCCC1. The molecule has 0 unspecified atom stereocenters. The number of hydrogen-bond acceptors (Lipinski definition) is 6. The van der Waals surface area contributed by atoms with E-state index in [4.69, 9.17) is 9.15 Å². The number of amides is 1. The Morgan fingerprint density at radius 3 is 2.93 bits per heavy atom. The third kappa shape index (κ3) is 3.04. The first-order valence-corrected chi connectivity index (χ1v) is 9.79. The minimum Gasteiger partial charge on any atom is -0.463 e. The Bertz CT molecular complexity index is 1090. The maximum Gasteiger partial charge on any atom is 0.281 e. The van der Waals surface area contributed by atoms with Gasteiger partial charge in [0, 0.05) is 30.7 Å². The van der Waals surface area contributed by atoms with Crippen molar-refractivity contribution < 1.29 is 13.9 Å². The number of fused-ring (bicyclic) bond motifs is 2. The molecule has 7 heteroatoms. The number of nitrogens with zero attached hydrogens (tertiary/aromatic N) is 3. The lowest BCUT2D eigenvalue weighted by molar-refractivity contribution is 0.0725. The summed E-state index contributed by atoms with van der Waals surface area (Å²) in [7, 11) is 0. The molecule has 0 aliphatic carbocycles. The van der Waals surface area contributed by atoms with Gasteiger partial charge in [0.2, 0.25) is 0 Å². The Balaban J connectivity index is 1.41. The first-order chi connectivity index (χ1) is 13.3. The summed E-state index contributed by atoms with van der Waals surface area (Å²) < 4.78 is 12.5. The van der Waals surface area contributed by atoms with Crippen molar-refractivity contribution in [1.29, 1.82) is 0 Å². The van der Waals surface area contributed by atoms with Crippen LogP contribution in [-0.4, -0.2) is 33.9 Å². The predicted octanol–water partition coefficient (Wildman–Crippen LogP) is 4.86. The highest BCUT2D eigenvalue weighted by Gasteiger charge is 2.22. The van der Waals surface area contributed by atoms with Gasteiger partial charge in [-0.2, -0.15) is 4.98 Å². The van der Waals surface area contributed by atoms with Crippen LogP contribution in [0, 0.1) is 0 Å². The molecule has 1 amide bonds. The Hall–Kier alpha value is -2.93. The van der Waals surface area contributed by atoms with Crippen molar-refractivity contribution in [3.63, 3.8) is 0 Å². The number of pyridine rings is 1. The van der Waals surface area contributed by atoms with Crippen LogP contribution in [0.1, 0.15) is 29.6 Å². The summed E-state index contributed by atoms with van der Waals surface area (Å²) in [4.78, 5) is 23.3. The summed E-state index contributed by atoms with van der Waals surface area (Å²) in [5, 5.41) is 1.34. The Morgan fingerprint density at radius 1 is 1.19 bits per heavy atom. The van der Waals surface area contributed by atoms with Crippen molar-refractivity contribution in [2.45, 2.75) is 19.3 Å². The molecular formula is C20H17N3O3S. The summed E-state index contributed by atoms with van der Waals surface area (Å²) in [6.45, 7) is 1.64. The van der Waals surface area contributed by atoms with Gasteiger partial charge in [-0.3, -0.25) is 4.79 Å². The molecule has 136 valence electrons. The van der Waals surface area contributed by atoms with Gasteiger partial charge >= 0.3 is 0 Å². The van der Waals surface area contributed by atoms with E-state index in [0.29, 0.717) is 27.7 Å². The number of benzene rings is 1. The van der Waals surface area contributed by atoms with Gasteiger partial charge in [0.15, 0.2) is 5.65 Å². The number of thiazole rings is 1. The third-order valence-electron chi connectivity index (χ3n) is 4.77. The van der Waals surface area contributed by atoms with Gasteiger partial charge in [0.05, 0.1) is 10.3 Å². The fraction of sp³-hybridized carbons (Fsp3) is 0.250. The monoisotopic (exact) mass is 379 g/mol. The van der Waals surface area contributed by atoms with Crippen LogP contribution in [0.3, 0.4) is 0 Å². The number of furan rings is 1. The highest BCUT2D eigenvalue weighted by molar-refractivity contribution is 7.20. The van der Waals surface area contributed by atoms with Crippen LogP contribution < -0.4 is 4.74 Å². The number of rotatable bonds is 3. The van der Waals surface area contributed by atoms with E-state index < -0.39 is 0 Å². The van der Waals surface area contributed by atoms with Crippen molar-refractivity contribution in [2.75, 3.05) is 13.1 Å². The molecule has 0 atom stereocenters. The van der Waals surface area contributed by atoms with E-state index in [1.54, 1.807) is 18.5 Å². The first kappa shape index (κ1) is 16.3. The molecule has 1 aliphatic heterocycles. The van der Waals surface area contributed by atoms with E-state index in [0.717, 1.165) is 36.0 Å². The molecule has 1 saturated heterocycles. The normalized spacial score (nSPS) is 14.7. The minimum atomic E-state index is 0.0411. The summed E-state index contributed by atoms with van der Waals surface area (Å²) in [6, 6.07) is 9.34. The summed E-state index contributed by atoms with van der Waals surface area (Å²) in [5.41, 5.74) is 1.92. The quantitative estimate of drug-likeness (QED) is 0.509. The average molecular weight is 379 g/mol. The number of hydrogen-bond donors (Lipinski definition) is 0. The third-order valence-corrected chi connectivity index (χ3v) is 5.66. The number of carbonyl (C=O) groups is 1. The highest BCUT2D eigenvalue weighted by Crippen LogP contribution is 2.33. The zero-order valence-corrected chi connectivity index (χ0v) is 15.4. The van der Waals surface area contributed by atoms with Crippen molar-refractivity contribution in [3.8, 4) is 10.9 Å². The molecular weight excluding hydrogens is 362 g/mol. The fourth-order valence-corrected chi connectivity index (χ4v) is 4.19. The molecule has 6 nitrogen and oxygen atoms in total. The number of carbonyl (C=O) groups excluding carboxylic acids is 1. The van der Waals surface area contributed by atoms with Crippen molar-refractivity contribution in [3.05, 3.63) is 48.4 Å². The number of likely N-dealkylation sites (tertiary alicyclic amines) is 1. The van der Waals surface area contributed by atoms with Crippen molar-refractivity contribution in [1.82, 2.24) is 14.9 Å². The zero-order valence-electron chi connectivity index (χ0n) is 14.6. The van der Waals surface area contributed by atoms with Crippen molar-refractivity contribution in [2.24, 2.45) is 0 Å². The molecule has 4 heterocycles. The van der Waals surface area contributed by atoms with Gasteiger partial charge in [0.1, 0.15) is 17.6 Å². The molecule has 1 aromatic carbocycles. The molecule has 3 aromatic heterocycles. The number of piperidine rings is 1. The molecule has 4 aromatic rings. The highest BCUT2D eigenvalue weighted by atomic mass is 32.1. The number of aromatic nitrogens is 2. The van der Waals surface area contributed by atoms with Gasteiger partial charge in [0.25, 0.3) is 11.1 Å². The average Bonchev–Trinajstić information content (AvgIpc) is 3.31. The largest absolute Gasteiger partial charge is 0.463 e. The topological polar surface area (TPSA) is 68.5 Å². The molecule has 0 bridgehead atoms. The van der Waals surface area contributed by atoms with E-state index in [2.05, 4.69) is 9.97 Å². The van der Waals surface area contributed by atoms with E-state index in [9.17, 15) is 4.79 Å². The Labute approximate surface area is 159 Å². The van der Waals surface area contributed by atoms with Crippen molar-refractivity contribution >= 4 is 38.6 Å². The lowest BCUT2D eigenvalue weighted by atomic mass is 10.1. The van der Waals surface area contributed by atoms with Crippen LogP contribution in [0.2, 0.25) is 0 Å². The number of ether oxygens (including phenoxy) is 1. The Kier molecular flexibility index (Phi) is 4.01. The molecule has 0 saturated carbocycles. The molecule has 1 fully saturated rings. The van der Waals surface area contributed by atoms with E-state index >= 15 is 0 Å². The maximum absolute atomic E-state index is 12.8. The predicted molar refractivity (Wildman–Crippen MR) is 103 cm³/mol. The van der Waals surface area contributed by atoms with Gasteiger partial charge in [-0.15, -0.1) is 0 Å².